The number of rotatable bonds is 3. The van der Waals surface area contributed by atoms with Crippen LogP contribution < -0.4 is 10.2 Å². The van der Waals surface area contributed by atoms with Crippen LogP contribution in [0.4, 0.5) is 15.9 Å². The summed E-state index contributed by atoms with van der Waals surface area (Å²) >= 11 is 0. The Morgan fingerprint density at radius 3 is 3.00 bits per heavy atom. The van der Waals surface area contributed by atoms with E-state index in [4.69, 9.17) is 0 Å². The molecular formula is C17H17FN6O. The van der Waals surface area contributed by atoms with E-state index in [1.54, 1.807) is 10.7 Å². The molecule has 1 atom stereocenters. The Balaban J connectivity index is 1.66. The fraction of sp³-hybridized carbons (Fsp3) is 0.294. The van der Waals surface area contributed by atoms with Gasteiger partial charge in [0.25, 0.3) is 5.91 Å². The number of nitrogens with zero attached hydrogens (tertiary/aromatic N) is 5. The van der Waals surface area contributed by atoms with Crippen molar-refractivity contribution in [3.05, 3.63) is 48.3 Å². The van der Waals surface area contributed by atoms with Gasteiger partial charge in [-0.05, 0) is 25.8 Å². The molecule has 1 aliphatic rings. The number of fused-ring (bicyclic) bond motifs is 1. The van der Waals surface area contributed by atoms with E-state index in [2.05, 4.69) is 32.2 Å². The number of nitrogens with one attached hydrogen (secondary N) is 1. The van der Waals surface area contributed by atoms with Crippen LogP contribution in [-0.4, -0.2) is 38.1 Å². The molecule has 0 radical (unpaired) electrons. The molecule has 1 unspecified atom stereocenters. The van der Waals surface area contributed by atoms with Crippen molar-refractivity contribution in [1.29, 1.82) is 0 Å². The number of hydrogen-bond acceptors (Lipinski definition) is 5. The smallest absolute Gasteiger partial charge is 0.261 e. The zero-order chi connectivity index (χ0) is 17.4. The van der Waals surface area contributed by atoms with Gasteiger partial charge >= 0.3 is 0 Å². The Morgan fingerprint density at radius 1 is 1.36 bits per heavy atom. The van der Waals surface area contributed by atoms with Crippen LogP contribution in [0.15, 0.2) is 36.9 Å². The molecule has 0 aromatic carbocycles. The molecule has 1 aliphatic heterocycles. The summed E-state index contributed by atoms with van der Waals surface area (Å²) in [6.45, 7) is 3.12. The van der Waals surface area contributed by atoms with Gasteiger partial charge in [0.15, 0.2) is 5.65 Å². The Bertz CT molecular complexity index is 940. The van der Waals surface area contributed by atoms with Crippen molar-refractivity contribution in [3.8, 4) is 0 Å². The van der Waals surface area contributed by atoms with E-state index >= 15 is 0 Å². The summed E-state index contributed by atoms with van der Waals surface area (Å²) in [5.41, 5.74) is 1.09. The number of carbonyl (C=O) groups is 1. The van der Waals surface area contributed by atoms with Crippen molar-refractivity contribution in [2.24, 2.45) is 0 Å². The summed E-state index contributed by atoms with van der Waals surface area (Å²) in [5, 5.41) is 6.80. The van der Waals surface area contributed by atoms with E-state index in [0.717, 1.165) is 31.4 Å². The number of carbonyl (C=O) groups excluding carboxylic acids is 1. The lowest BCUT2D eigenvalue weighted by molar-refractivity contribution is 0.102. The average molecular weight is 340 g/mol. The number of amides is 1. The Labute approximate surface area is 143 Å². The van der Waals surface area contributed by atoms with Crippen LogP contribution in [0.2, 0.25) is 0 Å². The van der Waals surface area contributed by atoms with Gasteiger partial charge in [-0.2, -0.15) is 5.10 Å². The van der Waals surface area contributed by atoms with Crippen molar-refractivity contribution in [3.63, 3.8) is 0 Å². The molecule has 7 nitrogen and oxygen atoms in total. The number of halogens is 1. The van der Waals surface area contributed by atoms with Crippen LogP contribution >= 0.6 is 0 Å². The maximum Gasteiger partial charge on any atom is 0.261 e. The van der Waals surface area contributed by atoms with Crippen molar-refractivity contribution in [2.75, 3.05) is 16.8 Å². The molecule has 0 spiro atoms. The van der Waals surface area contributed by atoms with E-state index < -0.39 is 11.7 Å². The lowest BCUT2D eigenvalue weighted by atomic mass is 10.2. The second-order valence-corrected chi connectivity index (χ2v) is 6.14. The molecule has 0 saturated carbocycles. The highest BCUT2D eigenvalue weighted by Crippen LogP contribution is 2.24. The molecule has 3 aromatic heterocycles. The molecule has 128 valence electrons. The van der Waals surface area contributed by atoms with Gasteiger partial charge in [0.1, 0.15) is 17.2 Å². The molecule has 1 fully saturated rings. The van der Waals surface area contributed by atoms with E-state index in [1.165, 1.54) is 18.5 Å². The van der Waals surface area contributed by atoms with Gasteiger partial charge in [-0.3, -0.25) is 9.78 Å². The normalized spacial score (nSPS) is 17.2. The fourth-order valence-electron chi connectivity index (χ4n) is 3.13. The number of aromatic nitrogens is 4. The van der Waals surface area contributed by atoms with Gasteiger partial charge in [-0.1, -0.05) is 0 Å². The quantitative estimate of drug-likeness (QED) is 0.793. The van der Waals surface area contributed by atoms with E-state index in [0.29, 0.717) is 17.3 Å². The third-order valence-electron chi connectivity index (χ3n) is 4.41. The number of anilines is 2. The minimum absolute atomic E-state index is 0.286. The molecule has 1 amide bonds. The molecule has 0 aliphatic carbocycles. The van der Waals surface area contributed by atoms with Gasteiger partial charge in [0.05, 0.1) is 24.3 Å². The fourth-order valence-corrected chi connectivity index (χ4v) is 3.13. The number of pyridine rings is 1. The minimum Gasteiger partial charge on any atom is -0.354 e. The third kappa shape index (κ3) is 2.90. The Kier molecular flexibility index (Phi) is 3.79. The summed E-state index contributed by atoms with van der Waals surface area (Å²) in [4.78, 5) is 23.1. The molecule has 4 rings (SSSR count). The first-order valence-corrected chi connectivity index (χ1v) is 8.15. The average Bonchev–Trinajstić information content (AvgIpc) is 3.20. The van der Waals surface area contributed by atoms with Crippen LogP contribution in [0.5, 0.6) is 0 Å². The molecule has 25 heavy (non-hydrogen) atoms. The van der Waals surface area contributed by atoms with E-state index in [1.807, 2.05) is 6.07 Å². The molecule has 3 aromatic rings. The lowest BCUT2D eigenvalue weighted by Crippen LogP contribution is -2.27. The van der Waals surface area contributed by atoms with Crippen LogP contribution in [-0.2, 0) is 0 Å². The molecular weight excluding hydrogens is 323 g/mol. The van der Waals surface area contributed by atoms with Gasteiger partial charge < -0.3 is 10.2 Å². The van der Waals surface area contributed by atoms with Crippen LogP contribution in [0, 0.1) is 5.82 Å². The standard InChI is InChI=1S/C17H17FN6O/c1-11-3-2-5-23(11)15-4-6-24-16(22-15)14(10-20-24)17(25)21-13-7-12(18)8-19-9-13/h4,6-11H,2-3,5H2,1H3,(H,21,25). The summed E-state index contributed by atoms with van der Waals surface area (Å²) in [7, 11) is 0. The first-order chi connectivity index (χ1) is 12.1. The zero-order valence-corrected chi connectivity index (χ0v) is 13.7. The summed E-state index contributed by atoms with van der Waals surface area (Å²) in [5.74, 6) is -0.0814. The van der Waals surface area contributed by atoms with Crippen LogP contribution in [0.1, 0.15) is 30.1 Å². The Morgan fingerprint density at radius 2 is 2.24 bits per heavy atom. The van der Waals surface area contributed by atoms with Gasteiger partial charge in [-0.25, -0.2) is 13.9 Å². The van der Waals surface area contributed by atoms with Crippen molar-refractivity contribution < 1.29 is 9.18 Å². The first kappa shape index (κ1) is 15.5. The van der Waals surface area contributed by atoms with Crippen molar-refractivity contribution in [1.82, 2.24) is 19.6 Å². The molecule has 1 N–H and O–H groups in total. The second-order valence-electron chi connectivity index (χ2n) is 6.14. The SMILES string of the molecule is CC1CCCN1c1ccn2ncc(C(=O)Nc3cncc(F)c3)c2n1. The number of hydrogen-bond donors (Lipinski definition) is 1. The second kappa shape index (κ2) is 6.12. The van der Waals surface area contributed by atoms with Crippen molar-refractivity contribution in [2.45, 2.75) is 25.8 Å². The summed E-state index contributed by atoms with van der Waals surface area (Å²) in [6.07, 6.45) is 7.98. The maximum atomic E-state index is 13.2. The van der Waals surface area contributed by atoms with Gasteiger partial charge in [-0.15, -0.1) is 0 Å². The highest BCUT2D eigenvalue weighted by atomic mass is 19.1. The minimum atomic E-state index is -0.513. The Hall–Kier alpha value is -3.03. The molecule has 0 bridgehead atoms. The van der Waals surface area contributed by atoms with E-state index in [9.17, 15) is 9.18 Å². The largest absolute Gasteiger partial charge is 0.354 e. The monoisotopic (exact) mass is 340 g/mol. The highest BCUT2D eigenvalue weighted by Gasteiger charge is 2.23. The zero-order valence-electron chi connectivity index (χ0n) is 13.7. The summed E-state index contributed by atoms with van der Waals surface area (Å²) in [6, 6.07) is 3.54. The molecule has 4 heterocycles. The third-order valence-corrected chi connectivity index (χ3v) is 4.41. The van der Waals surface area contributed by atoms with Gasteiger partial charge in [0, 0.05) is 24.8 Å². The van der Waals surface area contributed by atoms with Gasteiger partial charge in [0.2, 0.25) is 0 Å². The molecule has 1 saturated heterocycles. The van der Waals surface area contributed by atoms with E-state index in [-0.39, 0.29) is 5.69 Å². The predicted molar refractivity (Wildman–Crippen MR) is 91.2 cm³/mol. The summed E-state index contributed by atoms with van der Waals surface area (Å²) < 4.78 is 14.8. The first-order valence-electron chi connectivity index (χ1n) is 8.15. The highest BCUT2D eigenvalue weighted by molar-refractivity contribution is 6.08. The van der Waals surface area contributed by atoms with Crippen LogP contribution in [0.25, 0.3) is 5.65 Å². The van der Waals surface area contributed by atoms with Crippen molar-refractivity contribution >= 4 is 23.1 Å². The predicted octanol–water partition coefficient (Wildman–Crippen LogP) is 2.50. The lowest BCUT2D eigenvalue weighted by Gasteiger charge is -2.22. The molecule has 8 heteroatoms. The van der Waals surface area contributed by atoms with Crippen LogP contribution in [0.3, 0.4) is 0 Å². The maximum absolute atomic E-state index is 13.2. The topological polar surface area (TPSA) is 75.4 Å².